The molecule has 1 aromatic carbocycles. The Balaban J connectivity index is 1.83. The minimum Gasteiger partial charge on any atom is -0.497 e. The molecule has 0 atom stereocenters. The van der Waals surface area contributed by atoms with Crippen LogP contribution in [0.4, 0.5) is 0 Å². The van der Waals surface area contributed by atoms with Crippen molar-refractivity contribution in [3.05, 3.63) is 47.7 Å². The minimum absolute atomic E-state index is 0.135. The SMILES string of the molecule is COC(=O)c1coc(COCc2ccc(OC)cc2)n1. The van der Waals surface area contributed by atoms with Gasteiger partial charge in [-0.15, -0.1) is 0 Å². The number of methoxy groups -OCH3 is 2. The van der Waals surface area contributed by atoms with Crippen LogP contribution in [-0.2, 0) is 22.7 Å². The molecule has 0 N–H and O–H groups in total. The molecule has 0 bridgehead atoms. The number of rotatable bonds is 6. The average molecular weight is 277 g/mol. The zero-order valence-corrected chi connectivity index (χ0v) is 11.3. The minimum atomic E-state index is -0.532. The summed E-state index contributed by atoms with van der Waals surface area (Å²) in [5, 5.41) is 0. The quantitative estimate of drug-likeness (QED) is 0.754. The van der Waals surface area contributed by atoms with Crippen molar-refractivity contribution in [1.29, 1.82) is 0 Å². The number of ether oxygens (including phenoxy) is 3. The topological polar surface area (TPSA) is 70.8 Å². The highest BCUT2D eigenvalue weighted by molar-refractivity contribution is 5.86. The molecule has 20 heavy (non-hydrogen) atoms. The molecule has 0 unspecified atom stereocenters. The number of hydrogen-bond acceptors (Lipinski definition) is 6. The Morgan fingerprint density at radius 2 is 1.95 bits per heavy atom. The van der Waals surface area contributed by atoms with Gasteiger partial charge in [0.05, 0.1) is 20.8 Å². The van der Waals surface area contributed by atoms with Gasteiger partial charge in [0.1, 0.15) is 18.6 Å². The van der Waals surface area contributed by atoms with Gasteiger partial charge in [0.25, 0.3) is 0 Å². The maximum Gasteiger partial charge on any atom is 0.360 e. The Morgan fingerprint density at radius 3 is 2.60 bits per heavy atom. The van der Waals surface area contributed by atoms with Gasteiger partial charge in [0.2, 0.25) is 5.89 Å². The predicted molar refractivity (Wildman–Crippen MR) is 69.3 cm³/mol. The van der Waals surface area contributed by atoms with Crippen LogP contribution in [0.5, 0.6) is 5.75 Å². The van der Waals surface area contributed by atoms with Crippen LogP contribution in [0.15, 0.2) is 34.9 Å². The van der Waals surface area contributed by atoms with Crippen LogP contribution >= 0.6 is 0 Å². The van der Waals surface area contributed by atoms with Crippen LogP contribution in [0.3, 0.4) is 0 Å². The van der Waals surface area contributed by atoms with Gasteiger partial charge in [-0.25, -0.2) is 9.78 Å². The lowest BCUT2D eigenvalue weighted by Crippen LogP contribution is -2.02. The molecule has 6 nitrogen and oxygen atoms in total. The van der Waals surface area contributed by atoms with Gasteiger partial charge in [0, 0.05) is 0 Å². The molecule has 0 aliphatic heterocycles. The lowest BCUT2D eigenvalue weighted by Gasteiger charge is -2.03. The van der Waals surface area contributed by atoms with Crippen LogP contribution in [0.2, 0.25) is 0 Å². The Morgan fingerprint density at radius 1 is 1.20 bits per heavy atom. The van der Waals surface area contributed by atoms with Crippen LogP contribution in [0, 0.1) is 0 Å². The Labute approximate surface area is 116 Å². The zero-order chi connectivity index (χ0) is 14.4. The second-order valence-corrected chi connectivity index (χ2v) is 3.96. The molecule has 106 valence electrons. The fourth-order valence-electron chi connectivity index (χ4n) is 1.55. The Bertz CT molecular complexity index is 561. The monoisotopic (exact) mass is 277 g/mol. The van der Waals surface area contributed by atoms with Gasteiger partial charge in [-0.2, -0.15) is 0 Å². The standard InChI is InChI=1S/C14H15NO5/c1-17-11-5-3-10(4-6-11)7-19-9-13-15-12(8-20-13)14(16)18-2/h3-6,8H,7,9H2,1-2H3. The molecule has 1 heterocycles. The highest BCUT2D eigenvalue weighted by Gasteiger charge is 2.12. The van der Waals surface area contributed by atoms with Crippen molar-refractivity contribution < 1.29 is 23.4 Å². The summed E-state index contributed by atoms with van der Waals surface area (Å²) in [4.78, 5) is 15.1. The lowest BCUT2D eigenvalue weighted by molar-refractivity contribution is 0.0593. The second kappa shape index (κ2) is 6.72. The van der Waals surface area contributed by atoms with Crippen molar-refractivity contribution in [2.24, 2.45) is 0 Å². The zero-order valence-electron chi connectivity index (χ0n) is 11.3. The number of carbonyl (C=O) groups excluding carboxylic acids is 1. The molecule has 2 rings (SSSR count). The first-order chi connectivity index (χ1) is 9.72. The van der Waals surface area contributed by atoms with Crippen molar-refractivity contribution in [3.63, 3.8) is 0 Å². The van der Waals surface area contributed by atoms with Gasteiger partial charge in [-0.3, -0.25) is 0 Å². The first-order valence-corrected chi connectivity index (χ1v) is 5.96. The summed E-state index contributed by atoms with van der Waals surface area (Å²) in [6.45, 7) is 0.600. The third-order valence-corrected chi connectivity index (χ3v) is 2.60. The predicted octanol–water partition coefficient (Wildman–Crippen LogP) is 2.19. The maximum absolute atomic E-state index is 11.2. The molecule has 0 saturated carbocycles. The summed E-state index contributed by atoms with van der Waals surface area (Å²) in [6.07, 6.45) is 1.25. The molecular formula is C14H15NO5. The third-order valence-electron chi connectivity index (χ3n) is 2.60. The number of aromatic nitrogens is 1. The molecule has 6 heteroatoms. The summed E-state index contributed by atoms with van der Waals surface area (Å²) in [5.41, 5.74) is 1.14. The maximum atomic E-state index is 11.2. The molecular weight excluding hydrogens is 262 g/mol. The van der Waals surface area contributed by atoms with Gasteiger partial charge >= 0.3 is 5.97 Å². The number of hydrogen-bond donors (Lipinski definition) is 0. The highest BCUT2D eigenvalue weighted by atomic mass is 16.5. The van der Waals surface area contributed by atoms with E-state index in [4.69, 9.17) is 13.9 Å². The van der Waals surface area contributed by atoms with Crippen LogP contribution < -0.4 is 4.74 Å². The van der Waals surface area contributed by atoms with E-state index in [1.54, 1.807) is 7.11 Å². The third kappa shape index (κ3) is 3.58. The largest absolute Gasteiger partial charge is 0.497 e. The lowest BCUT2D eigenvalue weighted by atomic mass is 10.2. The molecule has 1 aromatic heterocycles. The Hall–Kier alpha value is -2.34. The van der Waals surface area contributed by atoms with Crippen molar-refractivity contribution in [2.75, 3.05) is 14.2 Å². The molecule has 0 radical (unpaired) electrons. The number of esters is 1. The fourth-order valence-corrected chi connectivity index (χ4v) is 1.55. The van der Waals surface area contributed by atoms with Gasteiger partial charge in [0.15, 0.2) is 5.69 Å². The van der Waals surface area contributed by atoms with E-state index < -0.39 is 5.97 Å². The normalized spacial score (nSPS) is 10.3. The summed E-state index contributed by atoms with van der Waals surface area (Å²) >= 11 is 0. The first-order valence-electron chi connectivity index (χ1n) is 5.96. The number of carbonyl (C=O) groups is 1. The molecule has 0 amide bonds. The summed E-state index contributed by atoms with van der Waals surface area (Å²) in [5.74, 6) is 0.596. The fraction of sp³-hybridized carbons (Fsp3) is 0.286. The van der Waals surface area contributed by atoms with Crippen molar-refractivity contribution in [3.8, 4) is 5.75 Å². The van der Waals surface area contributed by atoms with Crippen molar-refractivity contribution in [1.82, 2.24) is 4.98 Å². The van der Waals surface area contributed by atoms with Crippen molar-refractivity contribution in [2.45, 2.75) is 13.2 Å². The number of oxazole rings is 1. The van der Waals surface area contributed by atoms with Crippen LogP contribution in [0.25, 0.3) is 0 Å². The van der Waals surface area contributed by atoms with E-state index in [9.17, 15) is 4.79 Å². The average Bonchev–Trinajstić information content (AvgIpc) is 2.96. The van der Waals surface area contributed by atoms with E-state index in [0.717, 1.165) is 11.3 Å². The summed E-state index contributed by atoms with van der Waals surface area (Å²) in [6, 6.07) is 7.54. The molecule has 0 fully saturated rings. The van der Waals surface area contributed by atoms with Crippen molar-refractivity contribution >= 4 is 5.97 Å². The highest BCUT2D eigenvalue weighted by Crippen LogP contribution is 2.13. The van der Waals surface area contributed by atoms with E-state index in [-0.39, 0.29) is 12.3 Å². The van der Waals surface area contributed by atoms with E-state index in [1.807, 2.05) is 24.3 Å². The van der Waals surface area contributed by atoms with Gasteiger partial charge in [-0.1, -0.05) is 12.1 Å². The summed E-state index contributed by atoms with van der Waals surface area (Å²) in [7, 11) is 2.91. The number of nitrogens with zero attached hydrogens (tertiary/aromatic N) is 1. The van der Waals surface area contributed by atoms with E-state index >= 15 is 0 Å². The van der Waals surface area contributed by atoms with E-state index in [1.165, 1.54) is 13.4 Å². The molecule has 2 aromatic rings. The molecule has 0 aliphatic carbocycles. The Kier molecular flexibility index (Phi) is 4.73. The van der Waals surface area contributed by atoms with Gasteiger partial charge < -0.3 is 18.6 Å². The molecule has 0 spiro atoms. The first kappa shape index (κ1) is 14.1. The van der Waals surface area contributed by atoms with Gasteiger partial charge in [-0.05, 0) is 17.7 Å². The van der Waals surface area contributed by atoms with Crippen LogP contribution in [0.1, 0.15) is 21.9 Å². The van der Waals surface area contributed by atoms with E-state index in [2.05, 4.69) is 9.72 Å². The smallest absolute Gasteiger partial charge is 0.360 e. The van der Waals surface area contributed by atoms with Crippen LogP contribution in [-0.4, -0.2) is 25.2 Å². The molecule has 0 saturated heterocycles. The number of benzene rings is 1. The molecule has 0 aliphatic rings. The second-order valence-electron chi connectivity index (χ2n) is 3.96. The van der Waals surface area contributed by atoms with E-state index in [0.29, 0.717) is 12.5 Å². The summed E-state index contributed by atoms with van der Waals surface area (Å²) < 4.78 is 20.2.